The van der Waals surface area contributed by atoms with Crippen LogP contribution in [0.3, 0.4) is 0 Å². The van der Waals surface area contributed by atoms with Gasteiger partial charge >= 0.3 is 0 Å². The first-order valence-electron chi connectivity index (χ1n) is 5.75. The molecule has 0 radical (unpaired) electrons. The molecule has 3 heterocycles. The highest BCUT2D eigenvalue weighted by atomic mass is 15.3. The molecule has 3 heteroatoms. The fourth-order valence-electron chi connectivity index (χ4n) is 2.68. The van der Waals surface area contributed by atoms with E-state index < -0.39 is 0 Å². The van der Waals surface area contributed by atoms with Crippen molar-refractivity contribution in [2.24, 2.45) is 5.92 Å². The molecular formula is C12H17N3. The molecule has 3 nitrogen and oxygen atoms in total. The van der Waals surface area contributed by atoms with Crippen molar-refractivity contribution in [2.75, 3.05) is 24.5 Å². The van der Waals surface area contributed by atoms with E-state index in [4.69, 9.17) is 0 Å². The molecule has 2 aliphatic heterocycles. The van der Waals surface area contributed by atoms with Gasteiger partial charge in [-0.25, -0.2) is 4.98 Å². The summed E-state index contributed by atoms with van der Waals surface area (Å²) in [5.74, 6) is 2.05. The maximum absolute atomic E-state index is 4.58. The second-order valence-corrected chi connectivity index (χ2v) is 4.61. The number of rotatable bonds is 1. The van der Waals surface area contributed by atoms with Crippen LogP contribution < -0.4 is 10.2 Å². The lowest BCUT2D eigenvalue weighted by molar-refractivity contribution is 0.227. The van der Waals surface area contributed by atoms with Crippen LogP contribution in [0.4, 0.5) is 5.82 Å². The topological polar surface area (TPSA) is 28.2 Å². The van der Waals surface area contributed by atoms with Gasteiger partial charge in [0.15, 0.2) is 0 Å². The highest BCUT2D eigenvalue weighted by molar-refractivity contribution is 5.45. The first-order valence-corrected chi connectivity index (χ1v) is 5.75. The summed E-state index contributed by atoms with van der Waals surface area (Å²) in [6, 6.07) is 6.96. The van der Waals surface area contributed by atoms with Crippen LogP contribution in [0.5, 0.6) is 0 Å². The molecule has 80 valence electrons. The van der Waals surface area contributed by atoms with E-state index in [9.17, 15) is 0 Å². The van der Waals surface area contributed by atoms with Crippen LogP contribution in [0.1, 0.15) is 12.1 Å². The molecule has 0 aliphatic carbocycles. The molecule has 1 aromatic rings. The van der Waals surface area contributed by atoms with Gasteiger partial charge in [-0.3, -0.25) is 0 Å². The van der Waals surface area contributed by atoms with E-state index in [0.717, 1.165) is 24.0 Å². The van der Waals surface area contributed by atoms with Gasteiger partial charge in [0.25, 0.3) is 0 Å². The van der Waals surface area contributed by atoms with Crippen molar-refractivity contribution in [3.63, 3.8) is 0 Å². The second kappa shape index (κ2) is 3.49. The molecule has 0 amide bonds. The number of hydrogen-bond acceptors (Lipinski definition) is 3. The van der Waals surface area contributed by atoms with Gasteiger partial charge < -0.3 is 10.2 Å². The van der Waals surface area contributed by atoms with Crippen molar-refractivity contribution in [3.05, 3.63) is 23.9 Å². The Morgan fingerprint density at radius 3 is 3.20 bits per heavy atom. The Kier molecular flexibility index (Phi) is 2.13. The van der Waals surface area contributed by atoms with E-state index in [0.29, 0.717) is 6.04 Å². The van der Waals surface area contributed by atoms with Gasteiger partial charge in [-0.2, -0.15) is 0 Å². The number of fused-ring (bicyclic) bond motifs is 1. The van der Waals surface area contributed by atoms with E-state index in [1.54, 1.807) is 0 Å². The molecule has 1 aromatic heterocycles. The maximum atomic E-state index is 4.58. The van der Waals surface area contributed by atoms with Gasteiger partial charge in [0.2, 0.25) is 0 Å². The largest absolute Gasteiger partial charge is 0.352 e. The maximum Gasteiger partial charge on any atom is 0.129 e. The molecule has 2 saturated heterocycles. The first-order chi connectivity index (χ1) is 7.34. The number of hydrogen-bond donors (Lipinski definition) is 1. The Bertz CT molecular complexity index is 364. The highest BCUT2D eigenvalue weighted by Crippen LogP contribution is 2.33. The molecule has 0 spiro atoms. The van der Waals surface area contributed by atoms with Crippen molar-refractivity contribution in [3.8, 4) is 0 Å². The fourth-order valence-corrected chi connectivity index (χ4v) is 2.68. The lowest BCUT2D eigenvalue weighted by atomic mass is 9.83. The Balaban J connectivity index is 1.79. The van der Waals surface area contributed by atoms with Crippen LogP contribution in [-0.2, 0) is 0 Å². The van der Waals surface area contributed by atoms with Crippen molar-refractivity contribution in [1.29, 1.82) is 0 Å². The van der Waals surface area contributed by atoms with Gasteiger partial charge in [-0.05, 0) is 37.9 Å². The summed E-state index contributed by atoms with van der Waals surface area (Å²) in [5.41, 5.74) is 1.11. The van der Waals surface area contributed by atoms with Crippen molar-refractivity contribution in [1.82, 2.24) is 10.3 Å². The predicted octanol–water partition coefficient (Wildman–Crippen LogP) is 1.19. The number of aryl methyl sites for hydroxylation is 1. The molecule has 1 N–H and O–H groups in total. The Hall–Kier alpha value is -1.09. The van der Waals surface area contributed by atoms with Gasteiger partial charge in [-0.1, -0.05) is 6.07 Å². The van der Waals surface area contributed by atoms with Crippen LogP contribution >= 0.6 is 0 Å². The van der Waals surface area contributed by atoms with Crippen molar-refractivity contribution >= 4 is 5.82 Å². The van der Waals surface area contributed by atoms with E-state index in [1.165, 1.54) is 19.5 Å². The summed E-state index contributed by atoms with van der Waals surface area (Å²) in [5, 5.41) is 3.46. The molecule has 2 unspecified atom stereocenters. The lowest BCUT2D eigenvalue weighted by Gasteiger charge is -2.51. The molecule has 3 rings (SSSR count). The van der Waals surface area contributed by atoms with E-state index in [-0.39, 0.29) is 0 Å². The number of piperidine rings is 1. The van der Waals surface area contributed by atoms with E-state index in [1.807, 2.05) is 0 Å². The Morgan fingerprint density at radius 1 is 1.47 bits per heavy atom. The molecule has 0 aromatic carbocycles. The van der Waals surface area contributed by atoms with Crippen molar-refractivity contribution in [2.45, 2.75) is 19.4 Å². The summed E-state index contributed by atoms with van der Waals surface area (Å²) < 4.78 is 0. The SMILES string of the molecule is Cc1cccc(N2CC3CCNCC32)n1. The van der Waals surface area contributed by atoms with Crippen LogP contribution in [0.25, 0.3) is 0 Å². The minimum absolute atomic E-state index is 0.688. The smallest absolute Gasteiger partial charge is 0.129 e. The van der Waals surface area contributed by atoms with Crippen LogP contribution in [0.15, 0.2) is 18.2 Å². The normalized spacial score (nSPS) is 29.5. The fraction of sp³-hybridized carbons (Fsp3) is 0.583. The quantitative estimate of drug-likeness (QED) is 0.743. The van der Waals surface area contributed by atoms with E-state index >= 15 is 0 Å². The molecule has 0 bridgehead atoms. The number of aromatic nitrogens is 1. The predicted molar refractivity (Wildman–Crippen MR) is 61.1 cm³/mol. The molecule has 15 heavy (non-hydrogen) atoms. The average molecular weight is 203 g/mol. The minimum atomic E-state index is 0.688. The van der Waals surface area contributed by atoms with Crippen LogP contribution in [0.2, 0.25) is 0 Å². The number of pyridine rings is 1. The zero-order valence-corrected chi connectivity index (χ0v) is 9.11. The third-order valence-corrected chi connectivity index (χ3v) is 3.59. The second-order valence-electron chi connectivity index (χ2n) is 4.61. The van der Waals surface area contributed by atoms with Gasteiger partial charge in [0.05, 0.1) is 0 Å². The molecule has 2 atom stereocenters. The lowest BCUT2D eigenvalue weighted by Crippen LogP contribution is -2.64. The Labute approximate surface area is 90.5 Å². The van der Waals surface area contributed by atoms with Crippen LogP contribution in [0, 0.1) is 12.8 Å². The van der Waals surface area contributed by atoms with E-state index in [2.05, 4.69) is 40.3 Å². The molecule has 2 aliphatic rings. The summed E-state index contributed by atoms with van der Waals surface area (Å²) in [6.07, 6.45) is 1.33. The zero-order valence-electron chi connectivity index (χ0n) is 9.11. The van der Waals surface area contributed by atoms with Gasteiger partial charge in [0, 0.05) is 24.8 Å². The summed E-state index contributed by atoms with van der Waals surface area (Å²) >= 11 is 0. The number of nitrogens with zero attached hydrogens (tertiary/aromatic N) is 2. The third kappa shape index (κ3) is 1.51. The monoisotopic (exact) mass is 203 g/mol. The minimum Gasteiger partial charge on any atom is -0.352 e. The first kappa shape index (κ1) is 9.16. The summed E-state index contributed by atoms with van der Waals surface area (Å²) in [4.78, 5) is 7.02. The van der Waals surface area contributed by atoms with Gasteiger partial charge in [0.1, 0.15) is 5.82 Å². The Morgan fingerprint density at radius 2 is 2.40 bits per heavy atom. The highest BCUT2D eigenvalue weighted by Gasteiger charge is 2.40. The standard InChI is InChI=1S/C12H17N3/c1-9-3-2-4-12(14-9)15-8-10-5-6-13-7-11(10)15/h2-4,10-11,13H,5-8H2,1H3. The molecule has 0 saturated carbocycles. The van der Waals surface area contributed by atoms with Crippen LogP contribution in [-0.4, -0.2) is 30.7 Å². The van der Waals surface area contributed by atoms with Gasteiger partial charge in [-0.15, -0.1) is 0 Å². The molecular weight excluding hydrogens is 186 g/mol. The molecule has 2 fully saturated rings. The van der Waals surface area contributed by atoms with Crippen molar-refractivity contribution < 1.29 is 0 Å². The summed E-state index contributed by atoms with van der Waals surface area (Å²) in [7, 11) is 0. The average Bonchev–Trinajstić information content (AvgIpc) is 2.20. The number of nitrogens with one attached hydrogen (secondary N) is 1. The summed E-state index contributed by atoms with van der Waals surface area (Å²) in [6.45, 7) is 5.57. The number of anilines is 1. The third-order valence-electron chi connectivity index (χ3n) is 3.59. The zero-order chi connectivity index (χ0) is 10.3.